The first-order valence-electron chi connectivity index (χ1n) is 8.39. The average molecular weight is 446 g/mol. The quantitative estimate of drug-likeness (QED) is 0.568. The number of aromatic nitrogens is 1. The van der Waals surface area contributed by atoms with Gasteiger partial charge in [0.15, 0.2) is 11.5 Å². The predicted octanol–water partition coefficient (Wildman–Crippen LogP) is 4.88. The zero-order valence-electron chi connectivity index (χ0n) is 15.3. The topological polar surface area (TPSA) is 59.1 Å². The predicted molar refractivity (Wildman–Crippen MR) is 114 cm³/mol. The first-order chi connectivity index (χ1) is 13.0. The number of halogens is 1. The smallest absolute Gasteiger partial charge is 0.206 e. The minimum absolute atomic E-state index is 0.0805. The number of hydrogen-bond donors (Lipinski definition) is 1. The molecular weight excluding hydrogens is 426 g/mol. The molecule has 5 nitrogen and oxygen atoms in total. The van der Waals surface area contributed by atoms with Gasteiger partial charge < -0.3 is 9.84 Å². The van der Waals surface area contributed by atoms with Crippen molar-refractivity contribution >= 4 is 33.5 Å². The van der Waals surface area contributed by atoms with Crippen molar-refractivity contribution < 1.29 is 9.84 Å². The molecule has 0 aliphatic carbocycles. The Morgan fingerprint density at radius 1 is 1.19 bits per heavy atom. The second kappa shape index (κ2) is 8.54. The van der Waals surface area contributed by atoms with E-state index in [2.05, 4.69) is 26.0 Å². The molecule has 3 rings (SSSR count). The van der Waals surface area contributed by atoms with Gasteiger partial charge in [-0.1, -0.05) is 28.1 Å². The monoisotopic (exact) mass is 445 g/mol. The Kier molecular flexibility index (Phi) is 6.13. The van der Waals surface area contributed by atoms with Crippen molar-refractivity contribution in [1.82, 2.24) is 4.68 Å². The van der Waals surface area contributed by atoms with Gasteiger partial charge in [0.05, 0.1) is 19.0 Å². The zero-order chi connectivity index (χ0) is 19.4. The minimum atomic E-state index is 0.0805. The lowest BCUT2D eigenvalue weighted by Gasteiger charge is -2.05. The zero-order valence-corrected chi connectivity index (χ0v) is 17.7. The van der Waals surface area contributed by atoms with Crippen LogP contribution in [0.25, 0.3) is 11.3 Å². The van der Waals surface area contributed by atoms with Crippen molar-refractivity contribution in [3.05, 3.63) is 62.7 Å². The van der Waals surface area contributed by atoms with Gasteiger partial charge in [0.1, 0.15) is 0 Å². The Morgan fingerprint density at radius 3 is 2.56 bits per heavy atom. The molecule has 3 aromatic rings. The maximum Gasteiger partial charge on any atom is 0.206 e. The van der Waals surface area contributed by atoms with Crippen LogP contribution >= 0.6 is 27.3 Å². The SMILES string of the molecule is COc1ccc(C=Nn2c(-c3ccc(Br)cc3)csc2=NC(C)C)cc1O. The molecule has 0 saturated carbocycles. The summed E-state index contributed by atoms with van der Waals surface area (Å²) in [5.74, 6) is 0.512. The Morgan fingerprint density at radius 2 is 1.93 bits per heavy atom. The second-order valence-corrected chi connectivity index (χ2v) is 7.87. The first-order valence-corrected chi connectivity index (χ1v) is 10.1. The van der Waals surface area contributed by atoms with Crippen molar-refractivity contribution in [3.8, 4) is 22.8 Å². The van der Waals surface area contributed by atoms with E-state index in [-0.39, 0.29) is 11.8 Å². The molecule has 0 spiro atoms. The first kappa shape index (κ1) is 19.4. The fourth-order valence-corrected chi connectivity index (χ4v) is 3.69. The number of ether oxygens (including phenoxy) is 1. The van der Waals surface area contributed by atoms with Crippen LogP contribution in [0.3, 0.4) is 0 Å². The Hall–Kier alpha value is -2.38. The number of thiazole rings is 1. The molecule has 0 aliphatic rings. The van der Waals surface area contributed by atoms with Crippen LogP contribution in [-0.4, -0.2) is 29.1 Å². The number of rotatable bonds is 5. The highest BCUT2D eigenvalue weighted by Gasteiger charge is 2.08. The molecule has 0 saturated heterocycles. The Balaban J connectivity index is 2.05. The van der Waals surface area contributed by atoms with Gasteiger partial charge in [-0.05, 0) is 49.7 Å². The van der Waals surface area contributed by atoms with Crippen LogP contribution in [0, 0.1) is 0 Å². The standard InChI is InChI=1S/C20H20BrN3O2S/c1-13(2)23-20-24(17(12-27-20)15-5-7-16(21)8-6-15)22-11-14-4-9-19(26-3)18(25)10-14/h4-13,25H,1-3H3. The van der Waals surface area contributed by atoms with E-state index in [9.17, 15) is 5.11 Å². The van der Waals surface area contributed by atoms with Crippen LogP contribution < -0.4 is 9.54 Å². The van der Waals surface area contributed by atoms with Gasteiger partial charge >= 0.3 is 0 Å². The summed E-state index contributed by atoms with van der Waals surface area (Å²) in [6.07, 6.45) is 1.70. The van der Waals surface area contributed by atoms with Gasteiger partial charge in [-0.3, -0.25) is 4.99 Å². The molecule has 7 heteroatoms. The third kappa shape index (κ3) is 4.67. The molecule has 140 valence electrons. The summed E-state index contributed by atoms with van der Waals surface area (Å²) in [6, 6.07) is 13.4. The molecule has 0 amide bonds. The summed E-state index contributed by atoms with van der Waals surface area (Å²) in [6.45, 7) is 4.07. The van der Waals surface area contributed by atoms with E-state index in [4.69, 9.17) is 4.74 Å². The van der Waals surface area contributed by atoms with Gasteiger partial charge in [0.2, 0.25) is 4.80 Å². The summed E-state index contributed by atoms with van der Waals surface area (Å²) in [5.41, 5.74) is 2.78. The highest BCUT2D eigenvalue weighted by Crippen LogP contribution is 2.26. The summed E-state index contributed by atoms with van der Waals surface area (Å²) in [5, 5.41) is 16.6. The van der Waals surface area contributed by atoms with Gasteiger partial charge in [-0.2, -0.15) is 5.10 Å². The number of benzene rings is 2. The van der Waals surface area contributed by atoms with Gasteiger partial charge in [-0.25, -0.2) is 4.68 Å². The maximum atomic E-state index is 9.97. The lowest BCUT2D eigenvalue weighted by Crippen LogP contribution is -2.14. The molecule has 0 aliphatic heterocycles. The number of methoxy groups -OCH3 is 1. The molecule has 0 radical (unpaired) electrons. The molecule has 1 aromatic heterocycles. The molecule has 1 heterocycles. The van der Waals surface area contributed by atoms with E-state index in [0.717, 1.165) is 26.1 Å². The summed E-state index contributed by atoms with van der Waals surface area (Å²) in [7, 11) is 1.52. The molecule has 0 fully saturated rings. The van der Waals surface area contributed by atoms with E-state index in [1.54, 1.807) is 29.7 Å². The Labute approximate surface area is 170 Å². The van der Waals surface area contributed by atoms with Crippen LogP contribution in [0.4, 0.5) is 0 Å². The van der Waals surface area contributed by atoms with E-state index in [1.807, 2.05) is 54.2 Å². The minimum Gasteiger partial charge on any atom is -0.504 e. The number of nitrogens with zero attached hydrogens (tertiary/aromatic N) is 3. The molecule has 2 aromatic carbocycles. The second-order valence-electron chi connectivity index (χ2n) is 6.12. The average Bonchev–Trinajstić information content (AvgIpc) is 3.02. The normalized spacial score (nSPS) is 12.3. The van der Waals surface area contributed by atoms with E-state index in [0.29, 0.717) is 5.75 Å². The summed E-state index contributed by atoms with van der Waals surface area (Å²) < 4.78 is 7.94. The maximum absolute atomic E-state index is 9.97. The van der Waals surface area contributed by atoms with E-state index < -0.39 is 0 Å². The largest absolute Gasteiger partial charge is 0.504 e. The molecular formula is C20H20BrN3O2S. The van der Waals surface area contributed by atoms with Crippen LogP contribution in [0.15, 0.2) is 62.4 Å². The molecule has 0 unspecified atom stereocenters. The number of phenols is 1. The number of hydrogen-bond acceptors (Lipinski definition) is 5. The lowest BCUT2D eigenvalue weighted by atomic mass is 10.2. The molecule has 0 atom stereocenters. The Bertz CT molecular complexity index is 1020. The summed E-state index contributed by atoms with van der Waals surface area (Å²) in [4.78, 5) is 5.49. The fraction of sp³-hybridized carbons (Fsp3) is 0.200. The van der Waals surface area contributed by atoms with Crippen molar-refractivity contribution in [2.24, 2.45) is 10.1 Å². The van der Waals surface area contributed by atoms with Crippen LogP contribution in [-0.2, 0) is 0 Å². The van der Waals surface area contributed by atoms with Gasteiger partial charge in [-0.15, -0.1) is 11.3 Å². The lowest BCUT2D eigenvalue weighted by molar-refractivity contribution is 0.373. The highest BCUT2D eigenvalue weighted by atomic mass is 79.9. The van der Waals surface area contributed by atoms with Crippen LogP contribution in [0.1, 0.15) is 19.4 Å². The van der Waals surface area contributed by atoms with Crippen molar-refractivity contribution in [1.29, 1.82) is 0 Å². The van der Waals surface area contributed by atoms with Crippen LogP contribution in [0.2, 0.25) is 0 Å². The third-order valence-electron chi connectivity index (χ3n) is 3.72. The molecule has 0 bridgehead atoms. The number of aromatic hydroxyl groups is 1. The van der Waals surface area contributed by atoms with Crippen molar-refractivity contribution in [3.63, 3.8) is 0 Å². The van der Waals surface area contributed by atoms with E-state index >= 15 is 0 Å². The van der Waals surface area contributed by atoms with Crippen LogP contribution in [0.5, 0.6) is 11.5 Å². The highest BCUT2D eigenvalue weighted by molar-refractivity contribution is 9.10. The molecule has 27 heavy (non-hydrogen) atoms. The fourth-order valence-electron chi connectivity index (χ4n) is 2.45. The van der Waals surface area contributed by atoms with E-state index in [1.165, 1.54) is 7.11 Å². The van der Waals surface area contributed by atoms with Gasteiger partial charge in [0, 0.05) is 21.5 Å². The van der Waals surface area contributed by atoms with Crippen molar-refractivity contribution in [2.75, 3.05) is 7.11 Å². The molecule has 1 N–H and O–H groups in total. The summed E-state index contributed by atoms with van der Waals surface area (Å²) >= 11 is 5.02. The third-order valence-corrected chi connectivity index (χ3v) is 5.08. The van der Waals surface area contributed by atoms with Crippen molar-refractivity contribution in [2.45, 2.75) is 19.9 Å². The number of phenolic OH excluding ortho intramolecular Hbond substituents is 1. The van der Waals surface area contributed by atoms with Gasteiger partial charge in [0.25, 0.3) is 0 Å².